The van der Waals surface area contributed by atoms with Crippen molar-refractivity contribution in [3.8, 4) is 11.8 Å². The highest BCUT2D eigenvalue weighted by Crippen LogP contribution is 2.26. The van der Waals surface area contributed by atoms with Gasteiger partial charge in [-0.15, -0.1) is 0 Å². The van der Waals surface area contributed by atoms with E-state index in [0.29, 0.717) is 11.9 Å². The van der Waals surface area contributed by atoms with Gasteiger partial charge in [0.05, 0.1) is 7.11 Å². The van der Waals surface area contributed by atoms with Crippen LogP contribution in [-0.2, 0) is 12.8 Å². The summed E-state index contributed by atoms with van der Waals surface area (Å²) in [4.78, 5) is 8.10. The number of rotatable bonds is 3. The fourth-order valence-corrected chi connectivity index (χ4v) is 2.89. The highest BCUT2D eigenvalue weighted by molar-refractivity contribution is 5.40. The summed E-state index contributed by atoms with van der Waals surface area (Å²) in [6.45, 7) is 0. The van der Waals surface area contributed by atoms with Crippen LogP contribution in [0.25, 0.3) is 0 Å². The molecule has 1 aliphatic carbocycles. The third kappa shape index (κ3) is 3.17. The predicted molar refractivity (Wildman–Crippen MR) is 83.8 cm³/mol. The van der Waals surface area contributed by atoms with Crippen molar-refractivity contribution in [2.45, 2.75) is 31.7 Å². The van der Waals surface area contributed by atoms with E-state index in [-0.39, 0.29) is 5.82 Å². The van der Waals surface area contributed by atoms with E-state index in [1.54, 1.807) is 19.4 Å². The maximum absolute atomic E-state index is 8.88. The van der Waals surface area contributed by atoms with E-state index in [0.717, 1.165) is 31.4 Å². The third-order valence-corrected chi connectivity index (χ3v) is 3.99. The Morgan fingerprint density at radius 2 is 2.23 bits per heavy atom. The SMILES string of the molecule is COc1ccc2c(c1)CC(Nc1ccnc(C#N)n1)CCC2. The van der Waals surface area contributed by atoms with Crippen LogP contribution in [0.4, 0.5) is 5.82 Å². The Labute approximate surface area is 130 Å². The van der Waals surface area contributed by atoms with Gasteiger partial charge in [-0.2, -0.15) is 5.26 Å². The molecule has 0 spiro atoms. The Hall–Kier alpha value is -2.61. The molecule has 1 unspecified atom stereocenters. The Kier molecular flexibility index (Phi) is 4.19. The lowest BCUT2D eigenvalue weighted by Crippen LogP contribution is -2.22. The lowest BCUT2D eigenvalue weighted by molar-refractivity contribution is 0.414. The molecular formula is C17H18N4O. The number of benzene rings is 1. The molecule has 22 heavy (non-hydrogen) atoms. The number of anilines is 1. The molecule has 0 saturated carbocycles. The van der Waals surface area contributed by atoms with Crippen molar-refractivity contribution in [2.24, 2.45) is 0 Å². The van der Waals surface area contributed by atoms with Crippen LogP contribution < -0.4 is 10.1 Å². The van der Waals surface area contributed by atoms with Gasteiger partial charge in [0.2, 0.25) is 5.82 Å². The monoisotopic (exact) mass is 294 g/mol. The van der Waals surface area contributed by atoms with E-state index in [1.807, 2.05) is 12.1 Å². The van der Waals surface area contributed by atoms with Gasteiger partial charge in [0.1, 0.15) is 17.6 Å². The first-order valence-electron chi connectivity index (χ1n) is 7.44. The van der Waals surface area contributed by atoms with E-state index >= 15 is 0 Å². The number of aromatic nitrogens is 2. The summed E-state index contributed by atoms with van der Waals surface area (Å²) in [5.41, 5.74) is 2.72. The maximum atomic E-state index is 8.88. The normalized spacial score (nSPS) is 17.0. The number of hydrogen-bond donors (Lipinski definition) is 1. The minimum Gasteiger partial charge on any atom is -0.497 e. The minimum absolute atomic E-state index is 0.195. The number of methoxy groups -OCH3 is 1. The Morgan fingerprint density at radius 1 is 1.32 bits per heavy atom. The van der Waals surface area contributed by atoms with E-state index in [4.69, 9.17) is 10.00 Å². The molecular weight excluding hydrogens is 276 g/mol. The molecule has 0 saturated heterocycles. The molecule has 1 aromatic heterocycles. The van der Waals surface area contributed by atoms with Crippen molar-refractivity contribution in [1.82, 2.24) is 9.97 Å². The van der Waals surface area contributed by atoms with E-state index < -0.39 is 0 Å². The molecule has 0 aliphatic heterocycles. The largest absolute Gasteiger partial charge is 0.497 e. The van der Waals surface area contributed by atoms with Crippen molar-refractivity contribution in [3.05, 3.63) is 47.4 Å². The van der Waals surface area contributed by atoms with Gasteiger partial charge in [-0.25, -0.2) is 9.97 Å². The van der Waals surface area contributed by atoms with Crippen LogP contribution in [0.2, 0.25) is 0 Å². The zero-order valence-electron chi connectivity index (χ0n) is 12.5. The zero-order valence-corrected chi connectivity index (χ0v) is 12.5. The van der Waals surface area contributed by atoms with Crippen molar-refractivity contribution >= 4 is 5.82 Å². The van der Waals surface area contributed by atoms with Gasteiger partial charge >= 0.3 is 0 Å². The molecule has 0 fully saturated rings. The van der Waals surface area contributed by atoms with Gasteiger partial charge in [0.25, 0.3) is 0 Å². The highest BCUT2D eigenvalue weighted by Gasteiger charge is 2.17. The van der Waals surface area contributed by atoms with Crippen molar-refractivity contribution in [3.63, 3.8) is 0 Å². The Balaban J connectivity index is 1.78. The van der Waals surface area contributed by atoms with Crippen LogP contribution in [0.5, 0.6) is 5.75 Å². The van der Waals surface area contributed by atoms with Gasteiger partial charge in [0, 0.05) is 12.2 Å². The molecule has 3 rings (SSSR count). The second-order valence-electron chi connectivity index (χ2n) is 5.45. The molecule has 1 N–H and O–H groups in total. The molecule has 2 aromatic rings. The summed E-state index contributed by atoms with van der Waals surface area (Å²) < 4.78 is 5.33. The second kappa shape index (κ2) is 6.44. The van der Waals surface area contributed by atoms with E-state index in [1.165, 1.54) is 11.1 Å². The van der Waals surface area contributed by atoms with Crippen molar-refractivity contribution < 1.29 is 4.74 Å². The molecule has 0 bridgehead atoms. The van der Waals surface area contributed by atoms with Crippen molar-refractivity contribution in [2.75, 3.05) is 12.4 Å². The number of nitrogens with one attached hydrogen (secondary N) is 1. The standard InChI is InChI=1S/C17H18N4O/c1-22-15-6-5-12-3-2-4-14(9-13(12)10-15)20-16-7-8-19-17(11-18)21-16/h5-8,10,14H,2-4,9H2,1H3,(H,19,20,21). The summed E-state index contributed by atoms with van der Waals surface area (Å²) in [6, 6.07) is 10.4. The number of nitriles is 1. The highest BCUT2D eigenvalue weighted by atomic mass is 16.5. The van der Waals surface area contributed by atoms with Gasteiger partial charge in [0.15, 0.2) is 0 Å². The van der Waals surface area contributed by atoms with E-state index in [2.05, 4.69) is 27.4 Å². The lowest BCUT2D eigenvalue weighted by Gasteiger charge is -2.17. The summed E-state index contributed by atoms with van der Waals surface area (Å²) in [5.74, 6) is 1.80. The minimum atomic E-state index is 0.195. The van der Waals surface area contributed by atoms with Crippen LogP contribution in [0.15, 0.2) is 30.5 Å². The molecule has 0 radical (unpaired) electrons. The first kappa shape index (κ1) is 14.3. The summed E-state index contributed by atoms with van der Waals surface area (Å²) >= 11 is 0. The molecule has 0 amide bonds. The van der Waals surface area contributed by atoms with Gasteiger partial charge in [-0.1, -0.05) is 6.07 Å². The Bertz CT molecular complexity index is 708. The molecule has 1 aliphatic rings. The predicted octanol–water partition coefficient (Wildman–Crippen LogP) is 2.72. The number of aryl methyl sites for hydroxylation is 1. The number of ether oxygens (including phenoxy) is 1. The van der Waals surface area contributed by atoms with Gasteiger partial charge < -0.3 is 10.1 Å². The molecule has 1 aromatic carbocycles. The van der Waals surface area contributed by atoms with Crippen LogP contribution in [-0.4, -0.2) is 23.1 Å². The Morgan fingerprint density at radius 3 is 3.05 bits per heavy atom. The van der Waals surface area contributed by atoms with Crippen LogP contribution in [0, 0.1) is 11.3 Å². The molecule has 1 heterocycles. The molecule has 1 atom stereocenters. The van der Waals surface area contributed by atoms with Crippen LogP contribution in [0.3, 0.4) is 0 Å². The van der Waals surface area contributed by atoms with E-state index in [9.17, 15) is 0 Å². The van der Waals surface area contributed by atoms with Crippen LogP contribution >= 0.6 is 0 Å². The second-order valence-corrected chi connectivity index (χ2v) is 5.45. The fourth-order valence-electron chi connectivity index (χ4n) is 2.89. The quantitative estimate of drug-likeness (QED) is 0.881. The summed E-state index contributed by atoms with van der Waals surface area (Å²) in [5, 5.41) is 12.3. The first-order chi connectivity index (χ1) is 10.8. The topological polar surface area (TPSA) is 70.8 Å². The van der Waals surface area contributed by atoms with Crippen LogP contribution in [0.1, 0.15) is 29.8 Å². The smallest absolute Gasteiger partial charge is 0.234 e. The zero-order chi connectivity index (χ0) is 15.4. The third-order valence-electron chi connectivity index (χ3n) is 3.99. The number of hydrogen-bond acceptors (Lipinski definition) is 5. The molecule has 112 valence electrons. The summed E-state index contributed by atoms with van der Waals surface area (Å²) in [6.07, 6.45) is 5.83. The van der Waals surface area contributed by atoms with Gasteiger partial charge in [-0.05, 0) is 55.0 Å². The fraction of sp³-hybridized carbons (Fsp3) is 0.353. The summed E-state index contributed by atoms with van der Waals surface area (Å²) in [7, 11) is 1.69. The van der Waals surface area contributed by atoms with Crippen molar-refractivity contribution in [1.29, 1.82) is 5.26 Å². The first-order valence-corrected chi connectivity index (χ1v) is 7.44. The number of fused-ring (bicyclic) bond motifs is 1. The van der Waals surface area contributed by atoms with Gasteiger partial charge in [-0.3, -0.25) is 0 Å². The maximum Gasteiger partial charge on any atom is 0.234 e. The lowest BCUT2D eigenvalue weighted by atomic mass is 10.0. The molecule has 5 nitrogen and oxygen atoms in total. The molecule has 5 heteroatoms. The average Bonchev–Trinajstić information content (AvgIpc) is 2.75. The average molecular weight is 294 g/mol. The number of nitrogens with zero attached hydrogens (tertiary/aromatic N) is 3.